The molecule has 2 N–H and O–H groups in total. The average Bonchev–Trinajstić information content (AvgIpc) is 3.09. The number of carboxylic acid groups (broad SMARTS) is 1. The number of hydrogen-bond acceptors (Lipinski definition) is 10. The number of carbonyl (C=O) groups is 4. The summed E-state index contributed by atoms with van der Waals surface area (Å²) in [4.78, 5) is 67.3. The molecular formula is C32H31FN4O8S2. The van der Waals surface area contributed by atoms with Gasteiger partial charge in [0.2, 0.25) is 5.43 Å². The minimum atomic E-state index is -1.40. The van der Waals surface area contributed by atoms with Gasteiger partial charge in [0, 0.05) is 54.0 Å². The standard InChI is InChI=1S/C32H31FN4O8S2/c1-2-35-14-21(28(39)20-12-22(33)24(13-23(20)35)36-8-10-46-11-9-36)32(43)45-15-18-17-47-30-26(29(40)37(30)27(18)31(41)42)34-25(38)16-44-19-6-4-3-5-7-19/h3-7,12-14,26,30H,2,8-11,15-17H2,1H3,(H,34,38)(H,41,42)/t26-,30-/m1/s1. The molecule has 15 heteroatoms. The average molecular weight is 683 g/mol. The van der Waals surface area contributed by atoms with E-state index >= 15 is 4.39 Å². The monoisotopic (exact) mass is 682 g/mol. The van der Waals surface area contributed by atoms with Crippen molar-refractivity contribution in [2.45, 2.75) is 24.9 Å². The maximum absolute atomic E-state index is 15.2. The second kappa shape index (κ2) is 13.7. The summed E-state index contributed by atoms with van der Waals surface area (Å²) in [5, 5.41) is 11.9. The van der Waals surface area contributed by atoms with Crippen LogP contribution in [0.2, 0.25) is 0 Å². The second-order valence-corrected chi connectivity index (χ2v) is 13.3. The summed E-state index contributed by atoms with van der Waals surface area (Å²) in [6.07, 6.45) is 1.37. The Balaban J connectivity index is 1.16. The molecule has 6 rings (SSSR count). The molecule has 2 fully saturated rings. The van der Waals surface area contributed by atoms with Gasteiger partial charge in [-0.3, -0.25) is 19.3 Å². The van der Waals surface area contributed by atoms with E-state index in [2.05, 4.69) is 5.32 Å². The number of thioether (sulfide) groups is 2. The number of aromatic nitrogens is 1. The van der Waals surface area contributed by atoms with E-state index in [-0.39, 0.29) is 34.6 Å². The normalized spacial score (nSPS) is 19.2. The number of anilines is 1. The maximum atomic E-state index is 15.2. The molecule has 3 aromatic rings. The molecule has 2 saturated heterocycles. The van der Waals surface area contributed by atoms with Crippen molar-refractivity contribution in [1.82, 2.24) is 14.8 Å². The third-order valence-corrected chi connectivity index (χ3v) is 10.4. The number of hydrogen-bond donors (Lipinski definition) is 2. The number of rotatable bonds is 10. The number of esters is 1. The van der Waals surface area contributed by atoms with E-state index in [0.29, 0.717) is 36.6 Å². The van der Waals surface area contributed by atoms with Crippen LogP contribution in [0.25, 0.3) is 10.9 Å². The summed E-state index contributed by atoms with van der Waals surface area (Å²) in [6, 6.07) is 10.5. The van der Waals surface area contributed by atoms with Gasteiger partial charge in [0.15, 0.2) is 6.61 Å². The van der Waals surface area contributed by atoms with Crippen LogP contribution in [0.4, 0.5) is 10.1 Å². The first-order valence-corrected chi connectivity index (χ1v) is 17.1. The molecule has 246 valence electrons. The van der Waals surface area contributed by atoms with E-state index in [1.165, 1.54) is 18.0 Å². The van der Waals surface area contributed by atoms with Gasteiger partial charge in [0.25, 0.3) is 11.8 Å². The molecule has 0 unspecified atom stereocenters. The summed E-state index contributed by atoms with van der Waals surface area (Å²) in [7, 11) is 0. The van der Waals surface area contributed by atoms with Crippen molar-refractivity contribution >= 4 is 63.9 Å². The van der Waals surface area contributed by atoms with Crippen molar-refractivity contribution in [3.63, 3.8) is 0 Å². The molecule has 3 aliphatic rings. The number of carbonyl (C=O) groups excluding carboxylic acids is 3. The van der Waals surface area contributed by atoms with Gasteiger partial charge < -0.3 is 29.4 Å². The van der Waals surface area contributed by atoms with Crippen LogP contribution in [-0.4, -0.2) is 93.3 Å². The molecule has 0 aliphatic carbocycles. The Morgan fingerprint density at radius 3 is 2.55 bits per heavy atom. The van der Waals surface area contributed by atoms with E-state index in [1.54, 1.807) is 52.7 Å². The number of aliphatic carboxylic acids is 1. The first-order chi connectivity index (χ1) is 22.7. The number of nitrogens with zero attached hydrogens (tertiary/aromatic N) is 3. The van der Waals surface area contributed by atoms with Gasteiger partial charge >= 0.3 is 11.9 Å². The highest BCUT2D eigenvalue weighted by Gasteiger charge is 2.54. The molecule has 0 saturated carbocycles. The molecule has 2 atom stereocenters. The predicted octanol–water partition coefficient (Wildman–Crippen LogP) is 2.69. The quantitative estimate of drug-likeness (QED) is 0.240. The van der Waals surface area contributed by atoms with E-state index in [1.807, 2.05) is 11.8 Å². The van der Waals surface area contributed by atoms with Gasteiger partial charge in [-0.05, 0) is 31.2 Å². The van der Waals surface area contributed by atoms with Crippen LogP contribution in [0.3, 0.4) is 0 Å². The number of nitrogens with one attached hydrogen (secondary N) is 1. The fraction of sp³-hybridized carbons (Fsp3) is 0.344. The Hall–Kier alpha value is -4.50. The molecule has 2 aromatic carbocycles. The molecule has 0 spiro atoms. The number of aryl methyl sites for hydroxylation is 1. The molecule has 3 aliphatic heterocycles. The maximum Gasteiger partial charge on any atom is 0.352 e. The van der Waals surface area contributed by atoms with Crippen LogP contribution in [0, 0.1) is 5.82 Å². The van der Waals surface area contributed by atoms with Crippen molar-refractivity contribution in [3.8, 4) is 5.75 Å². The van der Waals surface area contributed by atoms with Crippen molar-refractivity contribution < 1.29 is 38.1 Å². The number of benzene rings is 2. The van der Waals surface area contributed by atoms with Gasteiger partial charge in [0.05, 0.1) is 11.2 Å². The van der Waals surface area contributed by atoms with Crippen LogP contribution in [0.1, 0.15) is 17.3 Å². The Bertz CT molecular complexity index is 1840. The predicted molar refractivity (Wildman–Crippen MR) is 175 cm³/mol. The number of ether oxygens (including phenoxy) is 2. The van der Waals surface area contributed by atoms with Gasteiger partial charge in [0.1, 0.15) is 40.8 Å². The Morgan fingerprint density at radius 1 is 1.11 bits per heavy atom. The zero-order valence-electron chi connectivity index (χ0n) is 25.3. The third-order valence-electron chi connectivity index (χ3n) is 8.12. The van der Waals surface area contributed by atoms with E-state index in [9.17, 15) is 29.1 Å². The van der Waals surface area contributed by atoms with E-state index < -0.39 is 53.0 Å². The van der Waals surface area contributed by atoms with Crippen molar-refractivity contribution in [2.75, 3.05) is 48.5 Å². The number of fused-ring (bicyclic) bond motifs is 2. The highest BCUT2D eigenvalue weighted by atomic mass is 32.2. The highest BCUT2D eigenvalue weighted by molar-refractivity contribution is 8.00. The Kier molecular flexibility index (Phi) is 9.45. The molecule has 2 amide bonds. The van der Waals surface area contributed by atoms with Gasteiger partial charge in [-0.1, -0.05) is 18.2 Å². The third kappa shape index (κ3) is 6.41. The molecule has 47 heavy (non-hydrogen) atoms. The molecule has 0 bridgehead atoms. The zero-order chi connectivity index (χ0) is 33.2. The van der Waals surface area contributed by atoms with Crippen LogP contribution in [0.15, 0.2) is 64.7 Å². The second-order valence-electron chi connectivity index (χ2n) is 11.0. The van der Waals surface area contributed by atoms with Crippen LogP contribution in [0.5, 0.6) is 5.75 Å². The number of carboxylic acids is 1. The first kappa shape index (κ1) is 32.4. The summed E-state index contributed by atoms with van der Waals surface area (Å²) in [5.74, 6) is -1.80. The van der Waals surface area contributed by atoms with Gasteiger partial charge in [-0.2, -0.15) is 11.8 Å². The summed E-state index contributed by atoms with van der Waals surface area (Å²) < 4.78 is 27.7. The largest absolute Gasteiger partial charge is 0.484 e. The fourth-order valence-corrected chi connectivity index (χ4v) is 7.99. The minimum Gasteiger partial charge on any atom is -0.484 e. The van der Waals surface area contributed by atoms with Crippen molar-refractivity contribution in [1.29, 1.82) is 0 Å². The van der Waals surface area contributed by atoms with Crippen LogP contribution < -0.4 is 20.4 Å². The van der Waals surface area contributed by atoms with Crippen molar-refractivity contribution in [3.05, 3.63) is 81.5 Å². The minimum absolute atomic E-state index is 0.0314. The number of para-hydroxylation sites is 1. The lowest BCUT2D eigenvalue weighted by Gasteiger charge is -2.49. The van der Waals surface area contributed by atoms with Crippen LogP contribution >= 0.6 is 23.5 Å². The van der Waals surface area contributed by atoms with E-state index in [0.717, 1.165) is 22.5 Å². The summed E-state index contributed by atoms with van der Waals surface area (Å²) in [6.45, 7) is 2.77. The van der Waals surface area contributed by atoms with Gasteiger partial charge in [-0.15, -0.1) is 11.8 Å². The first-order valence-electron chi connectivity index (χ1n) is 14.9. The highest BCUT2D eigenvalue weighted by Crippen LogP contribution is 2.40. The zero-order valence-corrected chi connectivity index (χ0v) is 26.9. The number of β-lactam (4-membered cyclic amide) rings is 1. The summed E-state index contributed by atoms with van der Waals surface area (Å²) >= 11 is 3.00. The molecule has 4 heterocycles. The molecule has 12 nitrogen and oxygen atoms in total. The molecule has 0 radical (unpaired) electrons. The smallest absolute Gasteiger partial charge is 0.352 e. The lowest BCUT2D eigenvalue weighted by molar-refractivity contribution is -0.151. The van der Waals surface area contributed by atoms with Crippen molar-refractivity contribution in [2.24, 2.45) is 0 Å². The number of halogens is 1. The lowest BCUT2D eigenvalue weighted by Crippen LogP contribution is -2.71. The Labute approximate surface area is 276 Å². The molecular weight excluding hydrogens is 652 g/mol. The van der Waals surface area contributed by atoms with E-state index in [4.69, 9.17) is 9.47 Å². The lowest BCUT2D eigenvalue weighted by atomic mass is 10.0. The summed E-state index contributed by atoms with van der Waals surface area (Å²) in [5.41, 5.74) is -0.317. The Morgan fingerprint density at radius 2 is 1.85 bits per heavy atom. The number of amides is 2. The van der Waals surface area contributed by atoms with Gasteiger partial charge in [-0.25, -0.2) is 14.0 Å². The molecule has 1 aromatic heterocycles. The number of pyridine rings is 1. The SMILES string of the molecule is CCn1cc(C(=O)OCC2=C(C(=O)O)N3C(=O)[C@@H](NC(=O)COc4ccccc4)[C@H]3SC2)c(=O)c2cc(F)c(N3CCSCC3)cc21. The fourth-order valence-electron chi connectivity index (χ4n) is 5.76. The topological polar surface area (TPSA) is 147 Å². The van der Waals surface area contributed by atoms with Crippen LogP contribution in [-0.2, 0) is 25.7 Å².